The van der Waals surface area contributed by atoms with Crippen LogP contribution >= 0.6 is 0 Å². The predicted octanol–water partition coefficient (Wildman–Crippen LogP) is 1.77. The number of benzene rings is 2. The number of carbonyl (C=O) groups excluding carboxylic acids is 3. The number of nitro groups is 1. The number of carbonyl (C=O) groups is 3. The highest BCUT2D eigenvalue weighted by atomic mass is 16.6. The highest BCUT2D eigenvalue weighted by molar-refractivity contribution is 5.89. The molecule has 0 aliphatic heterocycles. The third kappa shape index (κ3) is 7.65. The average Bonchev–Trinajstić information content (AvgIpc) is 2.78. The third-order valence-corrected chi connectivity index (χ3v) is 3.66. The zero-order valence-electron chi connectivity index (χ0n) is 16.7. The Hall–Kier alpha value is -4.15. The van der Waals surface area contributed by atoms with Crippen LogP contribution in [0.3, 0.4) is 0 Å². The number of esters is 1. The summed E-state index contributed by atoms with van der Waals surface area (Å²) >= 11 is 0. The highest BCUT2D eigenvalue weighted by Gasteiger charge is 2.15. The summed E-state index contributed by atoms with van der Waals surface area (Å²) in [7, 11) is 0. The van der Waals surface area contributed by atoms with E-state index >= 15 is 0 Å². The van der Waals surface area contributed by atoms with E-state index in [9.17, 15) is 24.5 Å². The first-order valence-corrected chi connectivity index (χ1v) is 9.24. The van der Waals surface area contributed by atoms with Crippen LogP contribution in [0, 0.1) is 10.1 Å². The normalized spacial score (nSPS) is 9.97. The highest BCUT2D eigenvalue weighted by Crippen LogP contribution is 2.25. The van der Waals surface area contributed by atoms with Crippen molar-refractivity contribution in [2.24, 2.45) is 0 Å². The predicted molar refractivity (Wildman–Crippen MR) is 107 cm³/mol. The summed E-state index contributed by atoms with van der Waals surface area (Å²) < 4.78 is 15.4. The molecule has 0 saturated carbocycles. The molecule has 0 heterocycles. The molecule has 11 nitrogen and oxygen atoms in total. The molecule has 0 aliphatic carbocycles. The Labute approximate surface area is 177 Å². The Morgan fingerprint density at radius 2 is 1.55 bits per heavy atom. The van der Waals surface area contributed by atoms with E-state index in [4.69, 9.17) is 14.2 Å². The Morgan fingerprint density at radius 1 is 0.935 bits per heavy atom. The van der Waals surface area contributed by atoms with Gasteiger partial charge in [0.25, 0.3) is 11.8 Å². The smallest absolute Gasteiger partial charge is 0.338 e. The molecular weight excluding hydrogens is 410 g/mol. The van der Waals surface area contributed by atoms with Crippen LogP contribution in [0.15, 0.2) is 48.5 Å². The fourth-order valence-electron chi connectivity index (χ4n) is 2.20. The standard InChI is InChI=1S/C20H21N3O8/c1-2-11-29-20(26)14-7-9-15(10-8-14)30-12-18(24)21-22-19(25)13-31-17-6-4-3-5-16(17)23(27)28/h3-10H,2,11-13H2,1H3,(H,21,24)(H,22,25). The summed E-state index contributed by atoms with van der Waals surface area (Å²) in [5.41, 5.74) is 4.31. The molecule has 0 saturated heterocycles. The first-order valence-electron chi connectivity index (χ1n) is 9.24. The number of hydrogen-bond acceptors (Lipinski definition) is 8. The van der Waals surface area contributed by atoms with Crippen LogP contribution in [0.5, 0.6) is 11.5 Å². The summed E-state index contributed by atoms with van der Waals surface area (Å²) in [5, 5.41) is 10.9. The van der Waals surface area contributed by atoms with Crippen molar-refractivity contribution in [1.82, 2.24) is 10.9 Å². The van der Waals surface area contributed by atoms with E-state index in [0.717, 1.165) is 6.42 Å². The molecule has 0 fully saturated rings. The fraction of sp³-hybridized carbons (Fsp3) is 0.250. The van der Waals surface area contributed by atoms with Gasteiger partial charge in [-0.05, 0) is 36.8 Å². The summed E-state index contributed by atoms with van der Waals surface area (Å²) in [5.74, 6) is -1.55. The van der Waals surface area contributed by atoms with Crippen LogP contribution in [0.4, 0.5) is 5.69 Å². The molecule has 2 N–H and O–H groups in total. The molecule has 0 bridgehead atoms. The minimum absolute atomic E-state index is 0.0701. The van der Waals surface area contributed by atoms with E-state index in [0.29, 0.717) is 17.9 Å². The quantitative estimate of drug-likeness (QED) is 0.329. The van der Waals surface area contributed by atoms with Crippen molar-refractivity contribution in [3.63, 3.8) is 0 Å². The largest absolute Gasteiger partial charge is 0.484 e. The van der Waals surface area contributed by atoms with Gasteiger partial charge in [0.05, 0.1) is 17.1 Å². The number of nitrogens with one attached hydrogen (secondary N) is 2. The van der Waals surface area contributed by atoms with Crippen molar-refractivity contribution in [3.8, 4) is 11.5 Å². The van der Waals surface area contributed by atoms with Crippen molar-refractivity contribution in [2.75, 3.05) is 19.8 Å². The minimum atomic E-state index is -0.721. The number of para-hydroxylation sites is 2. The van der Waals surface area contributed by atoms with Gasteiger partial charge in [-0.2, -0.15) is 0 Å². The number of rotatable bonds is 10. The van der Waals surface area contributed by atoms with Gasteiger partial charge >= 0.3 is 11.7 Å². The van der Waals surface area contributed by atoms with E-state index < -0.39 is 35.9 Å². The van der Waals surface area contributed by atoms with Crippen LogP contribution in [0.2, 0.25) is 0 Å². The summed E-state index contributed by atoms with van der Waals surface area (Å²) in [6.45, 7) is 1.28. The van der Waals surface area contributed by atoms with Crippen LogP contribution in [-0.4, -0.2) is 42.5 Å². The number of nitro benzene ring substituents is 1. The van der Waals surface area contributed by atoms with Gasteiger partial charge in [0.15, 0.2) is 19.0 Å². The zero-order chi connectivity index (χ0) is 22.6. The van der Waals surface area contributed by atoms with E-state index in [1.54, 1.807) is 0 Å². The van der Waals surface area contributed by atoms with Crippen LogP contribution < -0.4 is 20.3 Å². The van der Waals surface area contributed by atoms with E-state index in [1.165, 1.54) is 48.5 Å². The molecule has 2 amide bonds. The Bertz CT molecular complexity index is 930. The Morgan fingerprint density at radius 3 is 2.16 bits per heavy atom. The average molecular weight is 431 g/mol. The van der Waals surface area contributed by atoms with Gasteiger partial charge < -0.3 is 14.2 Å². The van der Waals surface area contributed by atoms with Crippen molar-refractivity contribution >= 4 is 23.5 Å². The van der Waals surface area contributed by atoms with E-state index in [-0.39, 0.29) is 11.4 Å². The molecular formula is C20H21N3O8. The maximum atomic E-state index is 11.8. The molecule has 0 atom stereocenters. The fourth-order valence-corrected chi connectivity index (χ4v) is 2.20. The molecule has 0 aliphatic rings. The molecule has 2 rings (SSSR count). The van der Waals surface area contributed by atoms with Crippen molar-refractivity contribution < 1.29 is 33.5 Å². The van der Waals surface area contributed by atoms with Crippen LogP contribution in [0.1, 0.15) is 23.7 Å². The number of hydrogen-bond donors (Lipinski definition) is 2. The van der Waals surface area contributed by atoms with Gasteiger partial charge in [0, 0.05) is 6.07 Å². The Balaban J connectivity index is 1.71. The SMILES string of the molecule is CCCOC(=O)c1ccc(OCC(=O)NNC(=O)COc2ccccc2[N+](=O)[O-])cc1. The third-order valence-electron chi connectivity index (χ3n) is 3.66. The molecule has 164 valence electrons. The first kappa shape index (κ1) is 23.1. The minimum Gasteiger partial charge on any atom is -0.484 e. The summed E-state index contributed by atoms with van der Waals surface area (Å²) in [6.07, 6.45) is 0.719. The van der Waals surface area contributed by atoms with Gasteiger partial charge in [-0.25, -0.2) is 4.79 Å². The maximum Gasteiger partial charge on any atom is 0.338 e. The first-order chi connectivity index (χ1) is 14.9. The monoisotopic (exact) mass is 431 g/mol. The van der Waals surface area contributed by atoms with E-state index in [1.807, 2.05) is 6.92 Å². The zero-order valence-corrected chi connectivity index (χ0v) is 16.7. The lowest BCUT2D eigenvalue weighted by Gasteiger charge is -2.10. The van der Waals surface area contributed by atoms with Gasteiger partial charge in [-0.3, -0.25) is 30.6 Å². The molecule has 31 heavy (non-hydrogen) atoms. The maximum absolute atomic E-state index is 11.8. The molecule has 0 unspecified atom stereocenters. The van der Waals surface area contributed by atoms with Crippen molar-refractivity contribution in [2.45, 2.75) is 13.3 Å². The number of nitrogens with zero attached hydrogens (tertiary/aromatic N) is 1. The molecule has 0 radical (unpaired) electrons. The lowest BCUT2D eigenvalue weighted by molar-refractivity contribution is -0.385. The van der Waals surface area contributed by atoms with Gasteiger partial charge in [-0.1, -0.05) is 19.1 Å². The molecule has 0 spiro atoms. The number of ether oxygens (including phenoxy) is 3. The second kappa shape index (κ2) is 11.8. The summed E-state index contributed by atoms with van der Waals surface area (Å²) in [4.78, 5) is 45.5. The molecule has 11 heteroatoms. The second-order valence-corrected chi connectivity index (χ2v) is 6.06. The van der Waals surface area contributed by atoms with E-state index in [2.05, 4.69) is 10.9 Å². The lowest BCUT2D eigenvalue weighted by Crippen LogP contribution is -2.45. The molecule has 2 aromatic carbocycles. The lowest BCUT2D eigenvalue weighted by atomic mass is 10.2. The van der Waals surface area contributed by atoms with Crippen molar-refractivity contribution in [3.05, 3.63) is 64.2 Å². The van der Waals surface area contributed by atoms with Crippen LogP contribution in [0.25, 0.3) is 0 Å². The second-order valence-electron chi connectivity index (χ2n) is 6.06. The van der Waals surface area contributed by atoms with Crippen molar-refractivity contribution in [1.29, 1.82) is 0 Å². The van der Waals surface area contributed by atoms with Gasteiger partial charge in [-0.15, -0.1) is 0 Å². The summed E-state index contributed by atoms with van der Waals surface area (Å²) in [6, 6.07) is 11.6. The number of amides is 2. The Kier molecular flexibility index (Phi) is 8.77. The topological polar surface area (TPSA) is 146 Å². The molecule has 2 aromatic rings. The van der Waals surface area contributed by atoms with Gasteiger partial charge in [0.2, 0.25) is 0 Å². The molecule has 0 aromatic heterocycles. The number of hydrazine groups is 1. The van der Waals surface area contributed by atoms with Crippen LogP contribution in [-0.2, 0) is 14.3 Å². The van der Waals surface area contributed by atoms with Gasteiger partial charge in [0.1, 0.15) is 5.75 Å².